The number of phenolic OH excluding ortho intramolecular Hbond substituents is 1. The highest BCUT2D eigenvalue weighted by Gasteiger charge is 2.38. The molecule has 4 atom stereocenters. The van der Waals surface area contributed by atoms with Gasteiger partial charge in [0, 0.05) is 19.4 Å². The van der Waals surface area contributed by atoms with Gasteiger partial charge in [0.1, 0.15) is 23.9 Å². The van der Waals surface area contributed by atoms with E-state index in [1.54, 1.807) is 0 Å². The number of phenols is 1. The number of hydrogen-bond acceptors (Lipinski definition) is 8. The lowest BCUT2D eigenvalue weighted by Gasteiger charge is -2.28. The molecule has 1 aromatic carbocycles. The Bertz CT molecular complexity index is 937. The summed E-state index contributed by atoms with van der Waals surface area (Å²) in [5, 5.41) is 41.3. The summed E-state index contributed by atoms with van der Waals surface area (Å²) in [5.41, 5.74) is 6.37. The molecule has 1 fully saturated rings. The van der Waals surface area contributed by atoms with Crippen molar-refractivity contribution in [3.05, 3.63) is 29.8 Å². The zero-order valence-electron chi connectivity index (χ0n) is 18.9. The topological polar surface area (TPSA) is 220 Å². The maximum absolute atomic E-state index is 13.1. The molecule has 13 heteroatoms. The van der Waals surface area contributed by atoms with E-state index in [2.05, 4.69) is 10.6 Å². The number of aliphatic carboxylic acids is 2. The molecule has 1 aromatic rings. The Balaban J connectivity index is 2.16. The van der Waals surface area contributed by atoms with Crippen LogP contribution in [0, 0.1) is 0 Å². The van der Waals surface area contributed by atoms with Crippen molar-refractivity contribution < 1.29 is 44.4 Å². The standard InChI is InChI=1S/C22H30N4O9/c23-14(7-8-18(29)30)21(33)26-9-1-2-17(26)20(32)24-15(10-12-3-5-13(28)6-4-12)19(31)25-16(11-27)22(34)35/h3-6,14-17,27-28H,1-2,7-11,23H2,(H,24,32)(H,25,31)(H,29,30)(H,34,35). The number of hydrogen-bond donors (Lipinski definition) is 7. The third-order valence-corrected chi connectivity index (χ3v) is 5.63. The minimum atomic E-state index is -1.58. The van der Waals surface area contributed by atoms with Crippen LogP contribution in [-0.2, 0) is 30.4 Å². The predicted molar refractivity (Wildman–Crippen MR) is 120 cm³/mol. The Morgan fingerprint density at radius 3 is 2.29 bits per heavy atom. The van der Waals surface area contributed by atoms with E-state index in [1.807, 2.05) is 0 Å². The number of nitrogens with one attached hydrogen (secondary N) is 2. The van der Waals surface area contributed by atoms with E-state index in [1.165, 1.54) is 29.2 Å². The first-order chi connectivity index (χ1) is 16.5. The van der Waals surface area contributed by atoms with Crippen LogP contribution in [0.3, 0.4) is 0 Å². The average molecular weight is 495 g/mol. The molecule has 13 nitrogen and oxygen atoms in total. The largest absolute Gasteiger partial charge is 0.508 e. The van der Waals surface area contributed by atoms with Crippen LogP contribution in [0.2, 0.25) is 0 Å². The van der Waals surface area contributed by atoms with Gasteiger partial charge in [0.15, 0.2) is 0 Å². The zero-order chi connectivity index (χ0) is 26.1. The molecule has 3 amide bonds. The van der Waals surface area contributed by atoms with Crippen molar-refractivity contribution in [1.29, 1.82) is 0 Å². The van der Waals surface area contributed by atoms with Gasteiger partial charge in [0.05, 0.1) is 12.6 Å². The second-order valence-corrected chi connectivity index (χ2v) is 8.24. The van der Waals surface area contributed by atoms with Crippen molar-refractivity contribution in [2.24, 2.45) is 5.73 Å². The summed E-state index contributed by atoms with van der Waals surface area (Å²) in [7, 11) is 0. The molecule has 4 unspecified atom stereocenters. The van der Waals surface area contributed by atoms with Crippen molar-refractivity contribution in [2.45, 2.75) is 56.3 Å². The monoisotopic (exact) mass is 494 g/mol. The van der Waals surface area contributed by atoms with Crippen molar-refractivity contribution in [1.82, 2.24) is 15.5 Å². The number of aliphatic hydroxyl groups is 1. The molecule has 0 aromatic heterocycles. The molecule has 8 N–H and O–H groups in total. The van der Waals surface area contributed by atoms with Crippen LogP contribution < -0.4 is 16.4 Å². The van der Waals surface area contributed by atoms with Crippen molar-refractivity contribution >= 4 is 29.7 Å². The van der Waals surface area contributed by atoms with Gasteiger partial charge in [-0.25, -0.2) is 4.79 Å². The van der Waals surface area contributed by atoms with E-state index in [9.17, 15) is 34.2 Å². The maximum Gasteiger partial charge on any atom is 0.328 e. The molecule has 0 radical (unpaired) electrons. The predicted octanol–water partition coefficient (Wildman–Crippen LogP) is -1.84. The summed E-state index contributed by atoms with van der Waals surface area (Å²) < 4.78 is 0. The quantitative estimate of drug-likeness (QED) is 0.172. The molecule has 192 valence electrons. The van der Waals surface area contributed by atoms with E-state index in [-0.39, 0.29) is 31.6 Å². The summed E-state index contributed by atoms with van der Waals surface area (Å²) in [4.78, 5) is 61.8. The normalized spacial score (nSPS) is 17.8. The van der Waals surface area contributed by atoms with E-state index in [4.69, 9.17) is 15.9 Å². The van der Waals surface area contributed by atoms with Gasteiger partial charge in [-0.3, -0.25) is 19.2 Å². The number of nitrogens with two attached hydrogens (primary N) is 1. The molecule has 0 saturated carbocycles. The number of aliphatic hydroxyl groups excluding tert-OH is 1. The highest BCUT2D eigenvalue weighted by atomic mass is 16.4. The third-order valence-electron chi connectivity index (χ3n) is 5.63. The van der Waals surface area contributed by atoms with Gasteiger partial charge >= 0.3 is 11.9 Å². The van der Waals surface area contributed by atoms with Crippen LogP contribution in [0.1, 0.15) is 31.2 Å². The second kappa shape index (κ2) is 12.7. The Morgan fingerprint density at radius 1 is 1.06 bits per heavy atom. The Hall–Kier alpha value is -3.71. The van der Waals surface area contributed by atoms with Gasteiger partial charge in [-0.05, 0) is 37.0 Å². The van der Waals surface area contributed by atoms with Crippen LogP contribution in [0.5, 0.6) is 5.75 Å². The van der Waals surface area contributed by atoms with E-state index in [0.717, 1.165) is 0 Å². The van der Waals surface area contributed by atoms with Crippen LogP contribution in [0.15, 0.2) is 24.3 Å². The minimum absolute atomic E-state index is 0.00986. The van der Waals surface area contributed by atoms with E-state index in [0.29, 0.717) is 18.4 Å². The molecular formula is C22H30N4O9. The molecule has 1 saturated heterocycles. The number of carboxylic acid groups (broad SMARTS) is 2. The minimum Gasteiger partial charge on any atom is -0.508 e. The zero-order valence-corrected chi connectivity index (χ0v) is 18.9. The summed E-state index contributed by atoms with van der Waals surface area (Å²) in [5.74, 6) is -4.66. The van der Waals surface area contributed by atoms with Crippen LogP contribution in [0.25, 0.3) is 0 Å². The SMILES string of the molecule is NC(CCC(=O)O)C(=O)N1CCCC1C(=O)NC(Cc1ccc(O)cc1)C(=O)NC(CO)C(=O)O. The lowest BCUT2D eigenvalue weighted by molar-refractivity contribution is -0.144. The fraction of sp³-hybridized carbons (Fsp3) is 0.500. The van der Waals surface area contributed by atoms with Crippen LogP contribution >= 0.6 is 0 Å². The molecule has 2 rings (SSSR count). The van der Waals surface area contributed by atoms with Gasteiger partial charge in [-0.1, -0.05) is 12.1 Å². The highest BCUT2D eigenvalue weighted by molar-refractivity contribution is 5.94. The van der Waals surface area contributed by atoms with Gasteiger partial charge in [-0.15, -0.1) is 0 Å². The first-order valence-corrected chi connectivity index (χ1v) is 11.0. The Kier molecular flexibility index (Phi) is 9.97. The first-order valence-electron chi connectivity index (χ1n) is 11.0. The fourth-order valence-corrected chi connectivity index (χ4v) is 3.72. The van der Waals surface area contributed by atoms with Gasteiger partial charge in [-0.2, -0.15) is 0 Å². The van der Waals surface area contributed by atoms with Crippen LogP contribution in [-0.4, -0.2) is 92.3 Å². The Morgan fingerprint density at radius 2 is 1.71 bits per heavy atom. The molecule has 0 bridgehead atoms. The first kappa shape index (κ1) is 27.5. The summed E-state index contributed by atoms with van der Waals surface area (Å²) in [6, 6.07) is 0.936. The Labute approximate surface area is 200 Å². The summed E-state index contributed by atoms with van der Waals surface area (Å²) >= 11 is 0. The van der Waals surface area contributed by atoms with Crippen molar-refractivity contribution in [2.75, 3.05) is 13.2 Å². The summed E-state index contributed by atoms with van der Waals surface area (Å²) in [6.07, 6.45) is 0.334. The number of likely N-dealkylation sites (tertiary alicyclic amines) is 1. The number of benzene rings is 1. The molecule has 1 aliphatic heterocycles. The van der Waals surface area contributed by atoms with Crippen molar-refractivity contribution in [3.8, 4) is 5.75 Å². The number of aromatic hydroxyl groups is 1. The smallest absolute Gasteiger partial charge is 0.328 e. The lowest BCUT2D eigenvalue weighted by Crippen LogP contribution is -2.57. The molecular weight excluding hydrogens is 464 g/mol. The lowest BCUT2D eigenvalue weighted by atomic mass is 10.0. The average Bonchev–Trinajstić information content (AvgIpc) is 3.31. The number of rotatable bonds is 12. The molecule has 0 aliphatic carbocycles. The number of carbonyl (C=O) groups excluding carboxylic acids is 3. The number of carbonyl (C=O) groups is 5. The van der Waals surface area contributed by atoms with E-state index >= 15 is 0 Å². The van der Waals surface area contributed by atoms with Crippen LogP contribution in [0.4, 0.5) is 0 Å². The number of nitrogens with zero attached hydrogens (tertiary/aromatic N) is 1. The van der Waals surface area contributed by atoms with Gasteiger partial charge < -0.3 is 41.7 Å². The maximum atomic E-state index is 13.1. The third kappa shape index (κ3) is 7.93. The molecule has 1 aliphatic rings. The second-order valence-electron chi connectivity index (χ2n) is 8.24. The highest BCUT2D eigenvalue weighted by Crippen LogP contribution is 2.20. The fourth-order valence-electron chi connectivity index (χ4n) is 3.72. The van der Waals surface area contributed by atoms with Gasteiger partial charge in [0.2, 0.25) is 17.7 Å². The van der Waals surface area contributed by atoms with Gasteiger partial charge in [0.25, 0.3) is 0 Å². The van der Waals surface area contributed by atoms with E-state index < -0.39 is 60.4 Å². The molecule has 0 spiro atoms. The number of carboxylic acids is 2. The number of amides is 3. The molecule has 1 heterocycles. The summed E-state index contributed by atoms with van der Waals surface area (Å²) in [6.45, 7) is -0.627. The molecule has 35 heavy (non-hydrogen) atoms. The van der Waals surface area contributed by atoms with Crippen molar-refractivity contribution in [3.63, 3.8) is 0 Å².